The van der Waals surface area contributed by atoms with Crippen LogP contribution in [0, 0.1) is 5.92 Å². The molecular weight excluding hydrogens is 266 g/mol. The van der Waals surface area contributed by atoms with Crippen LogP contribution in [0.15, 0.2) is 0 Å². The summed E-state index contributed by atoms with van der Waals surface area (Å²) in [6.07, 6.45) is 7.73. The summed E-state index contributed by atoms with van der Waals surface area (Å²) in [6, 6.07) is 0.782. The molecule has 0 amide bonds. The molecule has 0 spiro atoms. The van der Waals surface area contributed by atoms with Crippen molar-refractivity contribution in [3.8, 4) is 0 Å². The maximum Gasteiger partial charge on any atom is 0.185 e. The Morgan fingerprint density at radius 3 is 2.90 bits per heavy atom. The lowest BCUT2D eigenvalue weighted by Gasteiger charge is -2.30. The number of hydrogen-bond acceptors (Lipinski definition) is 4. The fraction of sp³-hybridized carbons (Fsp3) is 0.812. The highest BCUT2D eigenvalue weighted by Gasteiger charge is 2.23. The molecule has 2 fully saturated rings. The lowest BCUT2D eigenvalue weighted by molar-refractivity contribution is 0.446. The van der Waals surface area contributed by atoms with Crippen LogP contribution in [0.4, 0.5) is 5.13 Å². The molecule has 1 aromatic heterocycles. The average molecular weight is 293 g/mol. The predicted octanol–water partition coefficient (Wildman–Crippen LogP) is 3.58. The minimum atomic E-state index is 0.782. The molecule has 1 aliphatic heterocycles. The van der Waals surface area contributed by atoms with Crippen molar-refractivity contribution >= 4 is 16.5 Å². The Morgan fingerprint density at radius 2 is 2.20 bits per heavy atom. The summed E-state index contributed by atoms with van der Waals surface area (Å²) in [7, 11) is 0. The van der Waals surface area contributed by atoms with Gasteiger partial charge in [0.2, 0.25) is 0 Å². The molecule has 112 valence electrons. The summed E-state index contributed by atoms with van der Waals surface area (Å²) in [5.74, 6) is 0.815. The van der Waals surface area contributed by atoms with Crippen LogP contribution in [0.2, 0.25) is 0 Å². The standard InChI is InChI=1S/C16H27N3S/c1-3-5-14-15(10-17-13-7-8-13)20-16(18-14)19-9-4-6-12(2)11-19/h12-13,17H,3-11H2,1-2H3. The SMILES string of the molecule is CCCc1nc(N2CCCC(C)C2)sc1CNC1CC1. The second-order valence-corrected chi connectivity index (χ2v) is 7.53. The topological polar surface area (TPSA) is 28.2 Å². The molecule has 3 rings (SSSR count). The van der Waals surface area contributed by atoms with Crippen LogP contribution in [-0.2, 0) is 13.0 Å². The smallest absolute Gasteiger partial charge is 0.185 e. The molecule has 0 bridgehead atoms. The molecule has 2 heterocycles. The Morgan fingerprint density at radius 1 is 1.35 bits per heavy atom. The van der Waals surface area contributed by atoms with Crippen LogP contribution in [0.25, 0.3) is 0 Å². The number of piperidine rings is 1. The molecule has 1 N–H and O–H groups in total. The van der Waals surface area contributed by atoms with Crippen LogP contribution < -0.4 is 10.2 Å². The molecule has 1 aliphatic carbocycles. The lowest BCUT2D eigenvalue weighted by Crippen LogP contribution is -2.34. The number of anilines is 1. The van der Waals surface area contributed by atoms with Gasteiger partial charge in [-0.05, 0) is 38.0 Å². The van der Waals surface area contributed by atoms with Crippen molar-refractivity contribution < 1.29 is 0 Å². The minimum absolute atomic E-state index is 0.782. The number of rotatable bonds is 6. The Kier molecular flexibility index (Phi) is 4.61. The van der Waals surface area contributed by atoms with E-state index in [1.54, 1.807) is 0 Å². The van der Waals surface area contributed by atoms with Gasteiger partial charge < -0.3 is 10.2 Å². The lowest BCUT2D eigenvalue weighted by atomic mass is 10.0. The van der Waals surface area contributed by atoms with Crippen molar-refractivity contribution in [1.82, 2.24) is 10.3 Å². The van der Waals surface area contributed by atoms with E-state index in [1.807, 2.05) is 11.3 Å². The Hall–Kier alpha value is -0.610. The van der Waals surface area contributed by atoms with Crippen molar-refractivity contribution in [3.05, 3.63) is 10.6 Å². The zero-order valence-electron chi connectivity index (χ0n) is 12.8. The van der Waals surface area contributed by atoms with Gasteiger partial charge in [0.05, 0.1) is 5.69 Å². The number of hydrogen-bond donors (Lipinski definition) is 1. The van der Waals surface area contributed by atoms with Gasteiger partial charge in [-0.2, -0.15) is 0 Å². The highest BCUT2D eigenvalue weighted by Crippen LogP contribution is 2.31. The van der Waals surface area contributed by atoms with Crippen LogP contribution in [-0.4, -0.2) is 24.1 Å². The predicted molar refractivity (Wildman–Crippen MR) is 86.6 cm³/mol. The third-order valence-corrected chi connectivity index (χ3v) is 5.47. The first-order valence-electron chi connectivity index (χ1n) is 8.23. The zero-order valence-corrected chi connectivity index (χ0v) is 13.6. The summed E-state index contributed by atoms with van der Waals surface area (Å²) in [6.45, 7) is 8.02. The van der Waals surface area contributed by atoms with E-state index >= 15 is 0 Å². The van der Waals surface area contributed by atoms with Crippen molar-refractivity contribution in [2.45, 2.75) is 65.0 Å². The minimum Gasteiger partial charge on any atom is -0.348 e. The summed E-state index contributed by atoms with van der Waals surface area (Å²) < 4.78 is 0. The van der Waals surface area contributed by atoms with Gasteiger partial charge in [0.25, 0.3) is 0 Å². The molecule has 1 unspecified atom stereocenters. The third kappa shape index (κ3) is 3.53. The highest BCUT2D eigenvalue weighted by atomic mass is 32.1. The number of nitrogens with zero attached hydrogens (tertiary/aromatic N) is 2. The molecule has 1 saturated heterocycles. The monoisotopic (exact) mass is 293 g/mol. The van der Waals surface area contributed by atoms with E-state index in [2.05, 4.69) is 24.1 Å². The molecule has 1 aromatic rings. The van der Waals surface area contributed by atoms with E-state index < -0.39 is 0 Å². The second-order valence-electron chi connectivity index (χ2n) is 6.46. The van der Waals surface area contributed by atoms with Crippen LogP contribution in [0.5, 0.6) is 0 Å². The van der Waals surface area contributed by atoms with Crippen molar-refractivity contribution in [1.29, 1.82) is 0 Å². The van der Waals surface area contributed by atoms with Crippen molar-refractivity contribution in [2.75, 3.05) is 18.0 Å². The van der Waals surface area contributed by atoms with Crippen LogP contribution >= 0.6 is 11.3 Å². The summed E-state index contributed by atoms with van der Waals surface area (Å²) in [5.41, 5.74) is 1.35. The molecule has 4 heteroatoms. The van der Waals surface area contributed by atoms with E-state index in [1.165, 1.54) is 60.9 Å². The zero-order chi connectivity index (χ0) is 13.9. The van der Waals surface area contributed by atoms with E-state index in [0.717, 1.165) is 24.9 Å². The molecule has 20 heavy (non-hydrogen) atoms. The summed E-state index contributed by atoms with van der Waals surface area (Å²) >= 11 is 1.93. The van der Waals surface area contributed by atoms with Crippen molar-refractivity contribution in [2.24, 2.45) is 5.92 Å². The van der Waals surface area contributed by atoms with Gasteiger partial charge in [0.1, 0.15) is 0 Å². The Bertz CT molecular complexity index is 439. The van der Waals surface area contributed by atoms with Gasteiger partial charge in [-0.25, -0.2) is 4.98 Å². The number of nitrogens with one attached hydrogen (secondary N) is 1. The number of thiazole rings is 1. The van der Waals surface area contributed by atoms with Gasteiger partial charge in [-0.15, -0.1) is 11.3 Å². The second kappa shape index (κ2) is 6.44. The van der Waals surface area contributed by atoms with E-state index in [-0.39, 0.29) is 0 Å². The fourth-order valence-corrected chi connectivity index (χ4v) is 4.06. The fourth-order valence-electron chi connectivity index (χ4n) is 2.96. The largest absolute Gasteiger partial charge is 0.348 e. The van der Waals surface area contributed by atoms with E-state index in [0.29, 0.717) is 0 Å². The maximum absolute atomic E-state index is 4.96. The van der Waals surface area contributed by atoms with Gasteiger partial charge in [0.15, 0.2) is 5.13 Å². The third-order valence-electron chi connectivity index (χ3n) is 4.31. The van der Waals surface area contributed by atoms with Gasteiger partial charge in [-0.3, -0.25) is 0 Å². The van der Waals surface area contributed by atoms with Crippen LogP contribution in [0.1, 0.15) is 56.5 Å². The van der Waals surface area contributed by atoms with E-state index in [9.17, 15) is 0 Å². The highest BCUT2D eigenvalue weighted by molar-refractivity contribution is 7.15. The first kappa shape index (κ1) is 14.3. The Balaban J connectivity index is 1.70. The van der Waals surface area contributed by atoms with E-state index in [4.69, 9.17) is 4.98 Å². The number of aromatic nitrogens is 1. The first-order valence-corrected chi connectivity index (χ1v) is 9.04. The molecule has 1 saturated carbocycles. The first-order chi connectivity index (χ1) is 9.76. The summed E-state index contributed by atoms with van der Waals surface area (Å²) in [4.78, 5) is 8.95. The Labute approximate surface area is 126 Å². The molecule has 1 atom stereocenters. The maximum atomic E-state index is 4.96. The van der Waals surface area contributed by atoms with Crippen LogP contribution in [0.3, 0.4) is 0 Å². The summed E-state index contributed by atoms with van der Waals surface area (Å²) in [5, 5.41) is 4.92. The average Bonchev–Trinajstić information content (AvgIpc) is 3.18. The molecule has 3 nitrogen and oxygen atoms in total. The quantitative estimate of drug-likeness (QED) is 0.869. The molecule has 0 aromatic carbocycles. The molecule has 0 radical (unpaired) electrons. The van der Waals surface area contributed by atoms with Crippen molar-refractivity contribution in [3.63, 3.8) is 0 Å². The molecular formula is C16H27N3S. The normalized spacial score (nSPS) is 23.3. The molecule has 2 aliphatic rings. The van der Waals surface area contributed by atoms with Gasteiger partial charge >= 0.3 is 0 Å². The van der Waals surface area contributed by atoms with Gasteiger partial charge in [0, 0.05) is 30.6 Å². The number of aryl methyl sites for hydroxylation is 1. The van der Waals surface area contributed by atoms with Gasteiger partial charge in [-0.1, -0.05) is 20.3 Å².